The molecule has 0 aliphatic carbocycles. The molecule has 0 saturated carbocycles. The monoisotopic (exact) mass is 390 g/mol. The number of aliphatic imine (C=N–C) groups is 1. The van der Waals surface area contributed by atoms with Gasteiger partial charge in [0.25, 0.3) is 0 Å². The van der Waals surface area contributed by atoms with Crippen LogP contribution in [0.1, 0.15) is 41.8 Å². The largest absolute Gasteiger partial charge is 0.380 e. The van der Waals surface area contributed by atoms with Crippen molar-refractivity contribution in [2.75, 3.05) is 27.8 Å². The Morgan fingerprint density at radius 3 is 2.70 bits per heavy atom. The van der Waals surface area contributed by atoms with Crippen molar-refractivity contribution in [1.29, 1.82) is 0 Å². The molecule has 1 aromatic carbocycles. The molecule has 2 aromatic rings. The van der Waals surface area contributed by atoms with Crippen molar-refractivity contribution in [3.63, 3.8) is 0 Å². The number of ether oxygens (including phenoxy) is 2. The quantitative estimate of drug-likeness (QED) is 0.524. The van der Waals surface area contributed by atoms with Gasteiger partial charge in [0.05, 0.1) is 25.4 Å². The van der Waals surface area contributed by atoms with Gasteiger partial charge in [-0.1, -0.05) is 24.3 Å². The lowest BCUT2D eigenvalue weighted by molar-refractivity contribution is 0.119. The van der Waals surface area contributed by atoms with Crippen molar-refractivity contribution in [2.45, 2.75) is 39.6 Å². The molecular formula is C20H30N4O2S. The first-order valence-electron chi connectivity index (χ1n) is 9.11. The second-order valence-electron chi connectivity index (χ2n) is 6.28. The highest BCUT2D eigenvalue weighted by molar-refractivity contribution is 7.09. The van der Waals surface area contributed by atoms with Crippen molar-refractivity contribution < 1.29 is 9.47 Å². The zero-order valence-electron chi connectivity index (χ0n) is 16.9. The van der Waals surface area contributed by atoms with Crippen LogP contribution in [0.4, 0.5) is 0 Å². The number of methoxy groups -OCH3 is 2. The summed E-state index contributed by atoms with van der Waals surface area (Å²) in [7, 11) is 5.45. The highest BCUT2D eigenvalue weighted by Gasteiger charge is 2.13. The van der Waals surface area contributed by atoms with E-state index >= 15 is 0 Å². The molecule has 1 unspecified atom stereocenters. The van der Waals surface area contributed by atoms with Crippen LogP contribution in [0, 0.1) is 0 Å². The molecule has 0 amide bonds. The average molecular weight is 391 g/mol. The number of benzene rings is 1. The van der Waals surface area contributed by atoms with Crippen molar-refractivity contribution in [1.82, 2.24) is 15.2 Å². The lowest BCUT2D eigenvalue weighted by Gasteiger charge is -2.21. The molecule has 0 aliphatic heterocycles. The van der Waals surface area contributed by atoms with Crippen LogP contribution in [0.3, 0.4) is 0 Å². The molecule has 6 nitrogen and oxygen atoms in total. The van der Waals surface area contributed by atoms with Crippen LogP contribution < -0.4 is 5.32 Å². The molecule has 1 N–H and O–H groups in total. The van der Waals surface area contributed by atoms with E-state index in [9.17, 15) is 0 Å². The van der Waals surface area contributed by atoms with E-state index in [1.54, 1.807) is 25.6 Å². The average Bonchev–Trinajstić information content (AvgIpc) is 3.14. The summed E-state index contributed by atoms with van der Waals surface area (Å²) in [5, 5.41) is 6.44. The van der Waals surface area contributed by atoms with Gasteiger partial charge in [-0.3, -0.25) is 0 Å². The summed E-state index contributed by atoms with van der Waals surface area (Å²) >= 11 is 1.63. The number of guanidine groups is 1. The van der Waals surface area contributed by atoms with E-state index in [1.165, 1.54) is 11.1 Å². The lowest BCUT2D eigenvalue weighted by Crippen LogP contribution is -2.38. The van der Waals surface area contributed by atoms with Crippen LogP contribution in [-0.2, 0) is 29.2 Å². The Kier molecular flexibility index (Phi) is 8.71. The Balaban J connectivity index is 2.09. The smallest absolute Gasteiger partial charge is 0.194 e. The van der Waals surface area contributed by atoms with Gasteiger partial charge in [-0.15, -0.1) is 11.3 Å². The molecule has 1 heterocycles. The van der Waals surface area contributed by atoms with Crippen LogP contribution in [0.2, 0.25) is 0 Å². The standard InChI is InChI=1S/C20H30N4O2S/c1-6-21-20(22-11-16-9-7-8-10-17(16)13-25-4)24(3)12-18-14-27-19(23-18)15(2)26-5/h7-10,14-15H,6,11-13H2,1-5H3,(H,21,22). The maximum atomic E-state index is 5.35. The van der Waals surface area contributed by atoms with Gasteiger partial charge >= 0.3 is 0 Å². The van der Waals surface area contributed by atoms with Crippen molar-refractivity contribution in [3.8, 4) is 0 Å². The first-order chi connectivity index (χ1) is 13.1. The Morgan fingerprint density at radius 2 is 2.04 bits per heavy atom. The molecule has 0 aliphatic rings. The van der Waals surface area contributed by atoms with Crippen LogP contribution in [0.15, 0.2) is 34.6 Å². The predicted molar refractivity (Wildman–Crippen MR) is 111 cm³/mol. The van der Waals surface area contributed by atoms with Gasteiger partial charge in [0.1, 0.15) is 11.1 Å². The molecular weight excluding hydrogens is 360 g/mol. The zero-order chi connectivity index (χ0) is 19.6. The summed E-state index contributed by atoms with van der Waals surface area (Å²) in [4.78, 5) is 11.6. The summed E-state index contributed by atoms with van der Waals surface area (Å²) in [6.07, 6.45) is 0.0215. The second kappa shape index (κ2) is 11.0. The van der Waals surface area contributed by atoms with Gasteiger partial charge in [-0.2, -0.15) is 0 Å². The third-order valence-electron chi connectivity index (χ3n) is 4.18. The van der Waals surface area contributed by atoms with Crippen molar-refractivity contribution in [2.24, 2.45) is 4.99 Å². The zero-order valence-corrected chi connectivity index (χ0v) is 17.7. The van der Waals surface area contributed by atoms with Crippen molar-refractivity contribution >= 4 is 17.3 Å². The molecule has 0 spiro atoms. The molecule has 0 bridgehead atoms. The second-order valence-corrected chi connectivity index (χ2v) is 7.17. The van der Waals surface area contributed by atoms with Gasteiger partial charge in [-0.25, -0.2) is 9.98 Å². The van der Waals surface area contributed by atoms with Crippen LogP contribution in [-0.4, -0.2) is 43.7 Å². The minimum Gasteiger partial charge on any atom is -0.380 e. The summed E-state index contributed by atoms with van der Waals surface area (Å²) in [6, 6.07) is 8.24. The van der Waals surface area contributed by atoms with Crippen LogP contribution >= 0.6 is 11.3 Å². The third kappa shape index (κ3) is 6.30. The molecule has 7 heteroatoms. The number of hydrogen-bond acceptors (Lipinski definition) is 5. The molecule has 148 valence electrons. The molecule has 2 rings (SSSR count). The van der Waals surface area contributed by atoms with Gasteiger partial charge in [-0.05, 0) is 25.0 Å². The highest BCUT2D eigenvalue weighted by atomic mass is 32.1. The van der Waals surface area contributed by atoms with Gasteiger partial charge in [0, 0.05) is 33.2 Å². The minimum atomic E-state index is 0.0215. The molecule has 27 heavy (non-hydrogen) atoms. The Labute approximate surface area is 166 Å². The lowest BCUT2D eigenvalue weighted by atomic mass is 10.1. The van der Waals surface area contributed by atoms with E-state index in [-0.39, 0.29) is 6.10 Å². The Bertz CT molecular complexity index is 732. The van der Waals surface area contributed by atoms with E-state index in [0.717, 1.165) is 23.2 Å². The number of aromatic nitrogens is 1. The number of nitrogens with zero attached hydrogens (tertiary/aromatic N) is 3. The van der Waals surface area contributed by atoms with Gasteiger partial charge < -0.3 is 19.7 Å². The van der Waals surface area contributed by atoms with Crippen LogP contribution in [0.5, 0.6) is 0 Å². The minimum absolute atomic E-state index is 0.0215. The van der Waals surface area contributed by atoms with E-state index in [1.807, 2.05) is 26.1 Å². The van der Waals surface area contributed by atoms with E-state index in [4.69, 9.17) is 14.5 Å². The SMILES string of the molecule is CCNC(=NCc1ccccc1COC)N(C)Cc1csc(C(C)OC)n1. The third-order valence-corrected chi connectivity index (χ3v) is 5.24. The molecule has 0 fully saturated rings. The van der Waals surface area contributed by atoms with Gasteiger partial charge in [0.15, 0.2) is 5.96 Å². The number of thiazole rings is 1. The molecule has 0 radical (unpaired) electrons. The normalized spacial score (nSPS) is 12.9. The maximum Gasteiger partial charge on any atom is 0.194 e. The summed E-state index contributed by atoms with van der Waals surface area (Å²) in [5.74, 6) is 0.860. The van der Waals surface area contributed by atoms with E-state index < -0.39 is 0 Å². The van der Waals surface area contributed by atoms with E-state index in [0.29, 0.717) is 19.7 Å². The Morgan fingerprint density at radius 1 is 1.30 bits per heavy atom. The number of nitrogens with one attached hydrogen (secondary N) is 1. The molecule has 1 atom stereocenters. The summed E-state index contributed by atoms with van der Waals surface area (Å²) in [5.41, 5.74) is 3.36. The topological polar surface area (TPSA) is 59.0 Å². The van der Waals surface area contributed by atoms with Gasteiger partial charge in [0.2, 0.25) is 0 Å². The molecule has 0 saturated heterocycles. The number of rotatable bonds is 9. The highest BCUT2D eigenvalue weighted by Crippen LogP contribution is 2.21. The fraction of sp³-hybridized carbons (Fsp3) is 0.500. The number of hydrogen-bond donors (Lipinski definition) is 1. The summed E-state index contributed by atoms with van der Waals surface area (Å²) < 4.78 is 10.6. The fourth-order valence-corrected chi connectivity index (χ4v) is 3.48. The van der Waals surface area contributed by atoms with Crippen molar-refractivity contribution in [3.05, 3.63) is 51.5 Å². The van der Waals surface area contributed by atoms with Crippen LogP contribution in [0.25, 0.3) is 0 Å². The maximum absolute atomic E-state index is 5.35. The first-order valence-corrected chi connectivity index (χ1v) is 9.99. The van der Waals surface area contributed by atoms with E-state index in [2.05, 4.69) is 39.6 Å². The summed E-state index contributed by atoms with van der Waals surface area (Å²) in [6.45, 7) is 6.79. The Hall–Kier alpha value is -1.96. The fourth-order valence-electron chi connectivity index (χ4n) is 2.64. The molecule has 1 aromatic heterocycles. The predicted octanol–water partition coefficient (Wildman–Crippen LogP) is 3.59. The first kappa shape index (κ1) is 21.3.